The second kappa shape index (κ2) is 4.58. The number of benzene rings is 1. The van der Waals surface area contributed by atoms with Crippen LogP contribution in [0.4, 0.5) is 14.5 Å². The van der Waals surface area contributed by atoms with Crippen LogP contribution in [0, 0.1) is 0 Å². The van der Waals surface area contributed by atoms with Crippen molar-refractivity contribution in [3.05, 3.63) is 24.3 Å². The van der Waals surface area contributed by atoms with Gasteiger partial charge in [0.15, 0.2) is 0 Å². The van der Waals surface area contributed by atoms with E-state index in [0.29, 0.717) is 18.9 Å². The first kappa shape index (κ1) is 12.3. The molecule has 1 heterocycles. The molecule has 1 saturated heterocycles. The van der Waals surface area contributed by atoms with E-state index >= 15 is 0 Å². The molecule has 1 aromatic rings. The summed E-state index contributed by atoms with van der Waals surface area (Å²) in [7, 11) is -4.50. The van der Waals surface area contributed by atoms with E-state index in [1.54, 1.807) is 0 Å². The number of anilines is 1. The molecule has 0 spiro atoms. The highest BCUT2D eigenvalue weighted by Crippen LogP contribution is 2.21. The van der Waals surface area contributed by atoms with Crippen LogP contribution in [0.15, 0.2) is 29.2 Å². The van der Waals surface area contributed by atoms with Crippen molar-refractivity contribution < 1.29 is 21.9 Å². The third-order valence-electron chi connectivity index (χ3n) is 2.43. The van der Waals surface area contributed by atoms with Gasteiger partial charge < -0.3 is 10.1 Å². The Bertz CT molecular complexity index is 483. The molecule has 1 fully saturated rings. The van der Waals surface area contributed by atoms with Crippen LogP contribution < -0.4 is 5.32 Å². The predicted octanol–water partition coefficient (Wildman–Crippen LogP) is 1.49. The Labute approximate surface area is 97.5 Å². The number of sulfone groups is 1. The number of nitrogens with one attached hydrogen (secondary N) is 1. The Morgan fingerprint density at radius 3 is 2.24 bits per heavy atom. The average molecular weight is 263 g/mol. The molecule has 1 N–H and O–H groups in total. The second-order valence-corrected chi connectivity index (χ2v) is 5.63. The summed E-state index contributed by atoms with van der Waals surface area (Å²) in [6.07, 6.45) is 0. The molecule has 0 radical (unpaired) electrons. The van der Waals surface area contributed by atoms with Gasteiger partial charge in [-0.25, -0.2) is 8.42 Å². The number of halogens is 2. The Kier molecular flexibility index (Phi) is 3.30. The van der Waals surface area contributed by atoms with Gasteiger partial charge in [-0.15, -0.1) is 0 Å². The van der Waals surface area contributed by atoms with Gasteiger partial charge in [-0.2, -0.15) is 8.78 Å². The fraction of sp³-hybridized carbons (Fsp3) is 0.400. The van der Waals surface area contributed by atoms with Gasteiger partial charge in [-0.05, 0) is 24.3 Å². The molecule has 1 aliphatic rings. The normalized spacial score (nSPS) is 16.9. The number of hydrogen-bond donors (Lipinski definition) is 1. The van der Waals surface area contributed by atoms with Gasteiger partial charge in [0.25, 0.3) is 0 Å². The maximum absolute atomic E-state index is 12.3. The molecule has 1 aliphatic heterocycles. The van der Waals surface area contributed by atoms with Gasteiger partial charge in [0.1, 0.15) is 0 Å². The van der Waals surface area contributed by atoms with E-state index < -0.39 is 15.6 Å². The lowest BCUT2D eigenvalue weighted by molar-refractivity contribution is 0.0211. The lowest BCUT2D eigenvalue weighted by Crippen LogP contribution is -2.40. The molecule has 0 saturated carbocycles. The van der Waals surface area contributed by atoms with Crippen LogP contribution in [0.25, 0.3) is 0 Å². The largest absolute Gasteiger partial charge is 0.378 e. The zero-order valence-corrected chi connectivity index (χ0v) is 9.58. The van der Waals surface area contributed by atoms with Crippen LogP contribution >= 0.6 is 0 Å². The summed E-state index contributed by atoms with van der Waals surface area (Å²) in [5, 5.41) is 3.08. The zero-order valence-electron chi connectivity index (χ0n) is 8.77. The summed E-state index contributed by atoms with van der Waals surface area (Å²) >= 11 is 0. The molecule has 2 rings (SSSR count). The van der Waals surface area contributed by atoms with Crippen LogP contribution in [-0.2, 0) is 14.6 Å². The SMILES string of the molecule is O=S(=O)(c1ccc(NC2COC2)cc1)C(F)F. The van der Waals surface area contributed by atoms with Gasteiger partial charge in [0, 0.05) is 5.69 Å². The lowest BCUT2D eigenvalue weighted by atomic mass is 10.2. The Morgan fingerprint density at radius 2 is 1.82 bits per heavy atom. The summed E-state index contributed by atoms with van der Waals surface area (Å²) in [6.45, 7) is 1.19. The summed E-state index contributed by atoms with van der Waals surface area (Å²) in [5.74, 6) is -3.39. The van der Waals surface area contributed by atoms with Gasteiger partial charge in [0.2, 0.25) is 9.84 Å². The summed E-state index contributed by atoms with van der Waals surface area (Å²) in [5.41, 5.74) is 0.687. The fourth-order valence-electron chi connectivity index (χ4n) is 1.40. The highest BCUT2D eigenvalue weighted by molar-refractivity contribution is 7.91. The minimum atomic E-state index is -4.50. The molecular weight excluding hydrogens is 252 g/mol. The second-order valence-electron chi connectivity index (χ2n) is 3.71. The first-order valence-corrected chi connectivity index (χ1v) is 6.51. The standard InChI is InChI=1S/C10H11F2NO3S/c11-10(12)17(14,15)9-3-1-7(2-4-9)13-8-5-16-6-8/h1-4,8,10,13H,5-6H2. The Balaban J connectivity index is 2.12. The highest BCUT2D eigenvalue weighted by Gasteiger charge is 2.26. The molecule has 94 valence electrons. The summed E-state index contributed by atoms with van der Waals surface area (Å²) < 4.78 is 51.7. The van der Waals surface area contributed by atoms with Gasteiger partial charge >= 0.3 is 5.76 Å². The fourth-order valence-corrected chi connectivity index (χ4v) is 2.12. The molecule has 0 unspecified atom stereocenters. The topological polar surface area (TPSA) is 55.4 Å². The molecule has 0 bridgehead atoms. The van der Waals surface area contributed by atoms with Crippen LogP contribution in [0.3, 0.4) is 0 Å². The van der Waals surface area contributed by atoms with E-state index in [0.717, 1.165) is 0 Å². The summed E-state index contributed by atoms with van der Waals surface area (Å²) in [6, 6.07) is 5.47. The molecular formula is C10H11F2NO3S. The zero-order chi connectivity index (χ0) is 12.5. The minimum Gasteiger partial charge on any atom is -0.378 e. The van der Waals surface area contributed by atoms with Gasteiger partial charge in [-0.1, -0.05) is 0 Å². The van der Waals surface area contributed by atoms with Crippen LogP contribution in [0.1, 0.15) is 0 Å². The van der Waals surface area contributed by atoms with Gasteiger partial charge in [-0.3, -0.25) is 0 Å². The smallest absolute Gasteiger partial charge is 0.341 e. The lowest BCUT2D eigenvalue weighted by Gasteiger charge is -2.27. The van der Waals surface area contributed by atoms with Crippen molar-refractivity contribution in [2.75, 3.05) is 18.5 Å². The quantitative estimate of drug-likeness (QED) is 0.894. The van der Waals surface area contributed by atoms with Crippen molar-refractivity contribution in [2.45, 2.75) is 16.7 Å². The first-order chi connectivity index (χ1) is 8.00. The van der Waals surface area contributed by atoms with E-state index in [4.69, 9.17) is 4.74 Å². The average Bonchev–Trinajstić information content (AvgIpc) is 2.24. The van der Waals surface area contributed by atoms with Crippen LogP contribution in [0.5, 0.6) is 0 Å². The van der Waals surface area contributed by atoms with E-state index in [-0.39, 0.29) is 10.9 Å². The number of hydrogen-bond acceptors (Lipinski definition) is 4. The molecule has 1 aromatic carbocycles. The van der Waals surface area contributed by atoms with E-state index in [9.17, 15) is 17.2 Å². The third-order valence-corrected chi connectivity index (χ3v) is 3.82. The Morgan fingerprint density at radius 1 is 1.24 bits per heavy atom. The van der Waals surface area contributed by atoms with E-state index in [1.807, 2.05) is 0 Å². The van der Waals surface area contributed by atoms with Gasteiger partial charge in [0.05, 0.1) is 24.2 Å². The Hall–Kier alpha value is -1.21. The number of alkyl halides is 2. The molecule has 4 nitrogen and oxygen atoms in total. The molecule has 0 amide bonds. The maximum atomic E-state index is 12.3. The molecule has 0 atom stereocenters. The maximum Gasteiger partial charge on any atom is 0.341 e. The summed E-state index contributed by atoms with van der Waals surface area (Å²) in [4.78, 5) is -0.372. The highest BCUT2D eigenvalue weighted by atomic mass is 32.2. The van der Waals surface area contributed by atoms with Crippen molar-refractivity contribution in [1.82, 2.24) is 0 Å². The number of rotatable bonds is 4. The van der Waals surface area contributed by atoms with Crippen LogP contribution in [0.2, 0.25) is 0 Å². The van der Waals surface area contributed by atoms with Crippen molar-refractivity contribution in [3.8, 4) is 0 Å². The molecule has 0 aliphatic carbocycles. The van der Waals surface area contributed by atoms with Crippen molar-refractivity contribution in [1.29, 1.82) is 0 Å². The van der Waals surface area contributed by atoms with E-state index in [2.05, 4.69) is 5.32 Å². The van der Waals surface area contributed by atoms with Crippen LogP contribution in [-0.4, -0.2) is 33.4 Å². The monoisotopic (exact) mass is 263 g/mol. The first-order valence-electron chi connectivity index (χ1n) is 4.96. The van der Waals surface area contributed by atoms with E-state index in [1.165, 1.54) is 24.3 Å². The van der Waals surface area contributed by atoms with Crippen molar-refractivity contribution in [3.63, 3.8) is 0 Å². The molecule has 17 heavy (non-hydrogen) atoms. The van der Waals surface area contributed by atoms with Crippen molar-refractivity contribution >= 4 is 15.5 Å². The number of ether oxygens (including phenoxy) is 1. The van der Waals surface area contributed by atoms with Crippen molar-refractivity contribution in [2.24, 2.45) is 0 Å². The molecule has 7 heteroatoms. The molecule has 0 aromatic heterocycles. The third kappa shape index (κ3) is 2.55. The minimum absolute atomic E-state index is 0.201. The predicted molar refractivity (Wildman–Crippen MR) is 57.9 cm³/mol.